The Bertz CT molecular complexity index is 2880. The molecule has 0 atom stereocenters. The van der Waals surface area contributed by atoms with Crippen LogP contribution in [0.25, 0.3) is 99.5 Å². The van der Waals surface area contributed by atoms with Gasteiger partial charge in [-0.25, -0.2) is 15.0 Å². The summed E-state index contributed by atoms with van der Waals surface area (Å²) in [6.45, 7) is 0. The lowest BCUT2D eigenvalue weighted by Crippen LogP contribution is -2.00. The average molecular weight is 626 g/mol. The van der Waals surface area contributed by atoms with Gasteiger partial charge in [0, 0.05) is 27.5 Å². The van der Waals surface area contributed by atoms with Crippen LogP contribution in [0.15, 0.2) is 168 Å². The van der Waals surface area contributed by atoms with Gasteiger partial charge in [0.1, 0.15) is 11.2 Å². The van der Waals surface area contributed by atoms with Gasteiger partial charge in [-0.2, -0.15) is 0 Å². The molecule has 0 unspecified atom stereocenters. The maximum Gasteiger partial charge on any atom is 0.164 e. The predicted octanol–water partition coefficient (Wildman–Crippen LogP) is 11.9. The van der Waals surface area contributed by atoms with E-state index in [-0.39, 0.29) is 0 Å². The molecule has 10 aromatic rings. The lowest BCUT2D eigenvalue weighted by atomic mass is 9.97. The molecule has 8 aromatic carbocycles. The minimum absolute atomic E-state index is 0.643. The highest BCUT2D eigenvalue weighted by Crippen LogP contribution is 2.38. The SMILES string of the molecule is c1ccc(-c2ccc3c(c2)oc2cc4ccc5cc(-c6nc(-c7ccccc7)nc(-c7ccc8ccccc8c7)n6)ccc5c4cc23)cc1. The van der Waals surface area contributed by atoms with Crippen LogP contribution in [0.5, 0.6) is 0 Å². The Morgan fingerprint density at radius 3 is 1.57 bits per heavy atom. The summed E-state index contributed by atoms with van der Waals surface area (Å²) in [5.41, 5.74) is 6.96. The monoisotopic (exact) mass is 625 g/mol. The number of fused-ring (bicyclic) bond motifs is 7. The zero-order valence-corrected chi connectivity index (χ0v) is 26.3. The zero-order valence-electron chi connectivity index (χ0n) is 26.3. The van der Waals surface area contributed by atoms with E-state index >= 15 is 0 Å². The molecule has 0 aliphatic carbocycles. The minimum atomic E-state index is 0.643. The molecule has 4 heteroatoms. The topological polar surface area (TPSA) is 51.8 Å². The second kappa shape index (κ2) is 11.0. The number of aromatic nitrogens is 3. The van der Waals surface area contributed by atoms with Gasteiger partial charge in [-0.15, -0.1) is 0 Å². The van der Waals surface area contributed by atoms with Gasteiger partial charge in [-0.1, -0.05) is 127 Å². The van der Waals surface area contributed by atoms with Gasteiger partial charge in [0.05, 0.1) is 0 Å². The largest absolute Gasteiger partial charge is 0.456 e. The Morgan fingerprint density at radius 1 is 0.286 bits per heavy atom. The van der Waals surface area contributed by atoms with Crippen LogP contribution in [0.4, 0.5) is 0 Å². The molecule has 0 saturated carbocycles. The molecular weight excluding hydrogens is 599 g/mol. The van der Waals surface area contributed by atoms with Crippen molar-refractivity contribution in [2.75, 3.05) is 0 Å². The Labute approximate surface area is 282 Å². The van der Waals surface area contributed by atoms with E-state index in [2.05, 4.69) is 127 Å². The van der Waals surface area contributed by atoms with Crippen molar-refractivity contribution in [1.29, 1.82) is 0 Å². The van der Waals surface area contributed by atoms with E-state index in [1.165, 1.54) is 21.7 Å². The van der Waals surface area contributed by atoms with Gasteiger partial charge in [0.15, 0.2) is 17.5 Å². The Hall–Kier alpha value is -6.65. The maximum atomic E-state index is 6.41. The van der Waals surface area contributed by atoms with Crippen molar-refractivity contribution in [1.82, 2.24) is 15.0 Å². The molecule has 10 rings (SSSR count). The Kier molecular flexibility index (Phi) is 6.15. The van der Waals surface area contributed by atoms with Gasteiger partial charge in [-0.3, -0.25) is 0 Å². The van der Waals surface area contributed by atoms with Crippen molar-refractivity contribution in [2.45, 2.75) is 0 Å². The first-order chi connectivity index (χ1) is 24.2. The average Bonchev–Trinajstić information content (AvgIpc) is 3.53. The molecule has 0 saturated heterocycles. The summed E-state index contributed by atoms with van der Waals surface area (Å²) in [5, 5.41) is 9.18. The van der Waals surface area contributed by atoms with E-state index in [1.807, 2.05) is 36.4 Å². The molecule has 0 fully saturated rings. The van der Waals surface area contributed by atoms with Crippen LogP contribution in [0.1, 0.15) is 0 Å². The molecular formula is C45H27N3O. The first kappa shape index (κ1) is 27.5. The summed E-state index contributed by atoms with van der Waals surface area (Å²) in [6, 6.07) is 57.0. The quantitative estimate of drug-likeness (QED) is 0.183. The number of furan rings is 1. The van der Waals surface area contributed by atoms with Gasteiger partial charge >= 0.3 is 0 Å². The smallest absolute Gasteiger partial charge is 0.164 e. The molecule has 0 bridgehead atoms. The van der Waals surface area contributed by atoms with Crippen LogP contribution in [-0.2, 0) is 0 Å². The fourth-order valence-corrected chi connectivity index (χ4v) is 6.96. The van der Waals surface area contributed by atoms with Crippen molar-refractivity contribution in [3.63, 3.8) is 0 Å². The van der Waals surface area contributed by atoms with Gasteiger partial charge in [0.2, 0.25) is 0 Å². The first-order valence-electron chi connectivity index (χ1n) is 16.4. The number of nitrogens with zero attached hydrogens (tertiary/aromatic N) is 3. The molecule has 0 aliphatic rings. The summed E-state index contributed by atoms with van der Waals surface area (Å²) in [5.74, 6) is 1.94. The van der Waals surface area contributed by atoms with E-state index in [1.54, 1.807) is 0 Å². The number of hydrogen-bond acceptors (Lipinski definition) is 4. The molecule has 4 nitrogen and oxygen atoms in total. The lowest BCUT2D eigenvalue weighted by Gasteiger charge is -2.10. The van der Waals surface area contributed by atoms with Crippen LogP contribution in [0.3, 0.4) is 0 Å². The van der Waals surface area contributed by atoms with Crippen LogP contribution in [0, 0.1) is 0 Å². The molecule has 0 aliphatic heterocycles. The third kappa shape index (κ3) is 4.73. The Balaban J connectivity index is 1.11. The summed E-state index contributed by atoms with van der Waals surface area (Å²) in [4.78, 5) is 15.0. The van der Waals surface area contributed by atoms with Crippen LogP contribution in [0.2, 0.25) is 0 Å². The van der Waals surface area contributed by atoms with Crippen LogP contribution in [-0.4, -0.2) is 15.0 Å². The number of benzene rings is 8. The van der Waals surface area contributed by atoms with E-state index in [4.69, 9.17) is 19.4 Å². The van der Waals surface area contributed by atoms with E-state index in [9.17, 15) is 0 Å². The van der Waals surface area contributed by atoms with Crippen molar-refractivity contribution in [2.24, 2.45) is 0 Å². The van der Waals surface area contributed by atoms with Crippen molar-refractivity contribution < 1.29 is 4.42 Å². The van der Waals surface area contributed by atoms with Gasteiger partial charge < -0.3 is 4.42 Å². The van der Waals surface area contributed by atoms with E-state index in [0.29, 0.717) is 17.5 Å². The predicted molar refractivity (Wildman–Crippen MR) is 201 cm³/mol. The van der Waals surface area contributed by atoms with Crippen molar-refractivity contribution >= 4 is 54.3 Å². The lowest BCUT2D eigenvalue weighted by molar-refractivity contribution is 0.669. The van der Waals surface area contributed by atoms with Gasteiger partial charge in [0.25, 0.3) is 0 Å². The second-order valence-electron chi connectivity index (χ2n) is 12.5. The summed E-state index contributed by atoms with van der Waals surface area (Å²) in [7, 11) is 0. The normalized spacial score (nSPS) is 11.7. The third-order valence-corrected chi connectivity index (χ3v) is 9.47. The minimum Gasteiger partial charge on any atom is -0.456 e. The highest BCUT2D eigenvalue weighted by molar-refractivity contribution is 6.17. The zero-order chi connectivity index (χ0) is 32.3. The fourth-order valence-electron chi connectivity index (χ4n) is 6.96. The van der Waals surface area contributed by atoms with Crippen LogP contribution >= 0.6 is 0 Å². The maximum absolute atomic E-state index is 6.41. The third-order valence-electron chi connectivity index (χ3n) is 9.47. The molecule has 0 radical (unpaired) electrons. The standard InChI is InChI=1S/C45H27N3O/c1-3-9-28(10-4-1)32-19-22-38-40-27-39-34(26-42(40)49-41(38)25-32)17-16-33-24-36(20-21-37(33)39)45-47-43(30-12-5-2-6-13-30)46-44(48-45)35-18-15-29-11-7-8-14-31(29)23-35/h1-27H. The molecule has 2 aromatic heterocycles. The molecule has 49 heavy (non-hydrogen) atoms. The summed E-state index contributed by atoms with van der Waals surface area (Å²) >= 11 is 0. The fraction of sp³-hybridized carbons (Fsp3) is 0. The summed E-state index contributed by atoms with van der Waals surface area (Å²) in [6.07, 6.45) is 0. The second-order valence-corrected chi connectivity index (χ2v) is 12.5. The van der Waals surface area contributed by atoms with E-state index in [0.717, 1.165) is 60.4 Å². The Morgan fingerprint density at radius 2 is 0.816 bits per heavy atom. The molecule has 2 heterocycles. The van der Waals surface area contributed by atoms with E-state index < -0.39 is 0 Å². The molecule has 0 N–H and O–H groups in total. The van der Waals surface area contributed by atoms with Crippen molar-refractivity contribution in [3.05, 3.63) is 164 Å². The van der Waals surface area contributed by atoms with Crippen LogP contribution < -0.4 is 0 Å². The van der Waals surface area contributed by atoms with Crippen molar-refractivity contribution in [3.8, 4) is 45.3 Å². The summed E-state index contributed by atoms with van der Waals surface area (Å²) < 4.78 is 6.41. The van der Waals surface area contributed by atoms with Gasteiger partial charge in [-0.05, 0) is 79.8 Å². The highest BCUT2D eigenvalue weighted by atomic mass is 16.3. The molecule has 0 amide bonds. The number of hydrogen-bond donors (Lipinski definition) is 0. The number of rotatable bonds is 4. The molecule has 0 spiro atoms. The highest BCUT2D eigenvalue weighted by Gasteiger charge is 2.15. The molecule has 228 valence electrons. The first-order valence-corrected chi connectivity index (χ1v) is 16.4.